The summed E-state index contributed by atoms with van der Waals surface area (Å²) in [6, 6.07) is 0. The molecule has 1 aliphatic rings. The average Bonchev–Trinajstić information content (AvgIpc) is 3.03. The highest BCUT2D eigenvalue weighted by Gasteiger charge is 2.43. The van der Waals surface area contributed by atoms with Crippen LogP contribution in [-0.2, 0) is 9.59 Å². The molecule has 2 amide bonds. The molecule has 2 aromatic heterocycles. The maximum Gasteiger partial charge on any atom is 0.314 e. The summed E-state index contributed by atoms with van der Waals surface area (Å²) in [6.45, 7) is 1.02. The number of aromatic amines is 1. The van der Waals surface area contributed by atoms with Gasteiger partial charge >= 0.3 is 11.8 Å². The van der Waals surface area contributed by atoms with Crippen molar-refractivity contribution < 1.29 is 18.4 Å². The standard InChI is InChI=1S/C14H16F2N6O2/c1-7-6-22(3-2-14(7,15)16)13(24)12(23)20-9-5-18-11(17)8-4-19-21-10(8)9/h4-5,7H,2-3,6H2,1H3,(H2,17,18)(H,19,21)(H,20,23). The van der Waals surface area contributed by atoms with E-state index in [4.69, 9.17) is 5.73 Å². The number of piperidine rings is 1. The highest BCUT2D eigenvalue weighted by atomic mass is 19.3. The molecule has 128 valence electrons. The van der Waals surface area contributed by atoms with Gasteiger partial charge < -0.3 is 16.0 Å². The molecule has 4 N–H and O–H groups in total. The number of rotatable bonds is 1. The first-order valence-electron chi connectivity index (χ1n) is 7.35. The molecule has 10 heteroatoms. The van der Waals surface area contributed by atoms with Crippen molar-refractivity contribution in [2.75, 3.05) is 24.1 Å². The summed E-state index contributed by atoms with van der Waals surface area (Å²) in [5.41, 5.74) is 6.36. The quantitative estimate of drug-likeness (QED) is 0.670. The zero-order valence-corrected chi connectivity index (χ0v) is 12.8. The first-order valence-corrected chi connectivity index (χ1v) is 7.35. The summed E-state index contributed by atoms with van der Waals surface area (Å²) in [5, 5.41) is 9.41. The average molecular weight is 338 g/mol. The van der Waals surface area contributed by atoms with Crippen molar-refractivity contribution in [3.63, 3.8) is 0 Å². The number of halogens is 2. The van der Waals surface area contributed by atoms with Crippen LogP contribution in [0.4, 0.5) is 20.3 Å². The Morgan fingerprint density at radius 1 is 1.46 bits per heavy atom. The third-order valence-electron chi connectivity index (χ3n) is 4.18. The molecular weight excluding hydrogens is 322 g/mol. The Hall–Kier alpha value is -2.78. The molecule has 0 aliphatic carbocycles. The van der Waals surface area contributed by atoms with Crippen molar-refractivity contribution in [3.05, 3.63) is 12.4 Å². The predicted octanol–water partition coefficient (Wildman–Crippen LogP) is 0.982. The van der Waals surface area contributed by atoms with Crippen LogP contribution in [0.3, 0.4) is 0 Å². The Kier molecular flexibility index (Phi) is 3.82. The lowest BCUT2D eigenvalue weighted by molar-refractivity contribution is -0.151. The van der Waals surface area contributed by atoms with E-state index in [0.29, 0.717) is 10.9 Å². The molecular formula is C14H16F2N6O2. The molecule has 1 fully saturated rings. The Bertz CT molecular complexity index is 806. The summed E-state index contributed by atoms with van der Waals surface area (Å²) in [6.07, 6.45) is 2.29. The number of likely N-dealkylation sites (tertiary alicyclic amines) is 1. The minimum Gasteiger partial charge on any atom is -0.383 e. The summed E-state index contributed by atoms with van der Waals surface area (Å²) < 4.78 is 27.0. The van der Waals surface area contributed by atoms with E-state index in [2.05, 4.69) is 20.5 Å². The molecule has 0 bridgehead atoms. The number of aromatic nitrogens is 3. The number of nitrogens with zero attached hydrogens (tertiary/aromatic N) is 3. The highest BCUT2D eigenvalue weighted by Crippen LogP contribution is 2.33. The van der Waals surface area contributed by atoms with Crippen molar-refractivity contribution in [2.45, 2.75) is 19.3 Å². The number of fused-ring (bicyclic) bond motifs is 1. The molecule has 1 saturated heterocycles. The van der Waals surface area contributed by atoms with E-state index in [1.54, 1.807) is 0 Å². The number of amides is 2. The van der Waals surface area contributed by atoms with Crippen LogP contribution in [0.25, 0.3) is 10.9 Å². The van der Waals surface area contributed by atoms with E-state index in [0.717, 1.165) is 4.90 Å². The number of alkyl halides is 2. The van der Waals surface area contributed by atoms with E-state index >= 15 is 0 Å². The number of nitrogens with one attached hydrogen (secondary N) is 2. The molecule has 24 heavy (non-hydrogen) atoms. The lowest BCUT2D eigenvalue weighted by atomic mass is 9.95. The number of nitrogen functional groups attached to an aromatic ring is 1. The minimum absolute atomic E-state index is 0.164. The Morgan fingerprint density at radius 2 is 2.21 bits per heavy atom. The summed E-state index contributed by atoms with van der Waals surface area (Å²) in [5.74, 6) is -5.37. The fourth-order valence-corrected chi connectivity index (χ4v) is 2.64. The Balaban J connectivity index is 1.74. The molecule has 1 atom stereocenters. The van der Waals surface area contributed by atoms with Gasteiger partial charge in [0.15, 0.2) is 0 Å². The summed E-state index contributed by atoms with van der Waals surface area (Å²) in [4.78, 5) is 29.4. The van der Waals surface area contributed by atoms with Crippen molar-refractivity contribution in [1.29, 1.82) is 0 Å². The molecule has 0 radical (unpaired) electrons. The molecule has 0 spiro atoms. The van der Waals surface area contributed by atoms with Gasteiger partial charge in [0, 0.05) is 25.4 Å². The van der Waals surface area contributed by atoms with Gasteiger partial charge in [-0.25, -0.2) is 13.8 Å². The maximum absolute atomic E-state index is 13.5. The molecule has 0 aromatic carbocycles. The Labute approximate surface area is 135 Å². The molecule has 2 aromatic rings. The monoisotopic (exact) mass is 338 g/mol. The molecule has 1 aliphatic heterocycles. The third-order valence-corrected chi connectivity index (χ3v) is 4.18. The fourth-order valence-electron chi connectivity index (χ4n) is 2.64. The van der Waals surface area contributed by atoms with E-state index in [9.17, 15) is 18.4 Å². The van der Waals surface area contributed by atoms with Crippen molar-refractivity contribution in [1.82, 2.24) is 20.1 Å². The number of pyridine rings is 1. The first-order chi connectivity index (χ1) is 11.3. The van der Waals surface area contributed by atoms with Crippen molar-refractivity contribution in [3.8, 4) is 0 Å². The van der Waals surface area contributed by atoms with E-state index < -0.39 is 30.1 Å². The van der Waals surface area contributed by atoms with E-state index in [1.165, 1.54) is 19.3 Å². The van der Waals surface area contributed by atoms with Gasteiger partial charge in [-0.05, 0) is 0 Å². The molecule has 3 rings (SSSR count). The second-order valence-electron chi connectivity index (χ2n) is 5.83. The number of nitrogens with two attached hydrogens (primary N) is 1. The van der Waals surface area contributed by atoms with Crippen LogP contribution < -0.4 is 11.1 Å². The zero-order valence-electron chi connectivity index (χ0n) is 12.8. The van der Waals surface area contributed by atoms with Crippen LogP contribution in [0.2, 0.25) is 0 Å². The van der Waals surface area contributed by atoms with Gasteiger partial charge in [-0.2, -0.15) is 5.10 Å². The Morgan fingerprint density at radius 3 is 2.92 bits per heavy atom. The van der Waals surface area contributed by atoms with Crippen molar-refractivity contribution >= 4 is 34.2 Å². The van der Waals surface area contributed by atoms with Crippen LogP contribution >= 0.6 is 0 Å². The summed E-state index contributed by atoms with van der Waals surface area (Å²) in [7, 11) is 0. The van der Waals surface area contributed by atoms with Crippen LogP contribution in [0.15, 0.2) is 12.4 Å². The van der Waals surface area contributed by atoms with Gasteiger partial charge in [0.2, 0.25) is 0 Å². The van der Waals surface area contributed by atoms with E-state index in [-0.39, 0.29) is 24.6 Å². The van der Waals surface area contributed by atoms with Crippen LogP contribution in [-0.4, -0.2) is 50.9 Å². The van der Waals surface area contributed by atoms with Crippen LogP contribution in [0.5, 0.6) is 0 Å². The lowest BCUT2D eigenvalue weighted by Crippen LogP contribution is -2.51. The molecule has 0 saturated carbocycles. The van der Waals surface area contributed by atoms with Gasteiger partial charge in [-0.15, -0.1) is 0 Å². The highest BCUT2D eigenvalue weighted by molar-refractivity contribution is 6.40. The minimum atomic E-state index is -2.82. The van der Waals surface area contributed by atoms with Crippen LogP contribution in [0, 0.1) is 5.92 Å². The second kappa shape index (κ2) is 5.69. The number of hydrogen-bond donors (Lipinski definition) is 3. The summed E-state index contributed by atoms with van der Waals surface area (Å²) >= 11 is 0. The molecule has 1 unspecified atom stereocenters. The number of H-pyrrole nitrogens is 1. The third kappa shape index (κ3) is 2.74. The molecule has 8 nitrogen and oxygen atoms in total. The SMILES string of the molecule is CC1CN(C(=O)C(=O)Nc2cnc(N)c3cn[nH]c23)CCC1(F)F. The van der Waals surface area contributed by atoms with Gasteiger partial charge in [0.1, 0.15) is 5.82 Å². The van der Waals surface area contributed by atoms with Gasteiger partial charge in [-0.1, -0.05) is 6.92 Å². The predicted molar refractivity (Wildman–Crippen MR) is 82.2 cm³/mol. The van der Waals surface area contributed by atoms with Gasteiger partial charge in [0.05, 0.1) is 29.0 Å². The van der Waals surface area contributed by atoms with Gasteiger partial charge in [-0.3, -0.25) is 14.7 Å². The van der Waals surface area contributed by atoms with Gasteiger partial charge in [0.25, 0.3) is 5.92 Å². The topological polar surface area (TPSA) is 117 Å². The largest absolute Gasteiger partial charge is 0.383 e. The van der Waals surface area contributed by atoms with E-state index in [1.807, 2.05) is 0 Å². The number of hydrogen-bond acceptors (Lipinski definition) is 5. The lowest BCUT2D eigenvalue weighted by Gasteiger charge is -2.36. The number of carbonyl (C=O) groups is 2. The number of carbonyl (C=O) groups excluding carboxylic acids is 2. The fraction of sp³-hybridized carbons (Fsp3) is 0.429. The second-order valence-corrected chi connectivity index (χ2v) is 5.83. The first kappa shape index (κ1) is 16.1. The molecule has 3 heterocycles. The maximum atomic E-state index is 13.5. The number of anilines is 2. The van der Waals surface area contributed by atoms with Crippen LogP contribution in [0.1, 0.15) is 13.3 Å². The smallest absolute Gasteiger partial charge is 0.314 e. The normalized spacial score (nSPS) is 20.1. The van der Waals surface area contributed by atoms with Crippen molar-refractivity contribution in [2.24, 2.45) is 5.92 Å². The zero-order chi connectivity index (χ0) is 17.5.